The maximum atomic E-state index is 12.7. The van der Waals surface area contributed by atoms with Crippen LogP contribution in [0.1, 0.15) is 26.3 Å². The van der Waals surface area contributed by atoms with E-state index in [0.717, 1.165) is 5.56 Å². The van der Waals surface area contributed by atoms with Crippen molar-refractivity contribution in [3.8, 4) is 0 Å². The summed E-state index contributed by atoms with van der Waals surface area (Å²) in [6.45, 7) is 0.255. The maximum absolute atomic E-state index is 12.7. The average Bonchev–Trinajstić information content (AvgIpc) is 2.69. The predicted molar refractivity (Wildman–Crippen MR) is 97.1 cm³/mol. The van der Waals surface area contributed by atoms with E-state index in [1.807, 2.05) is 0 Å². The third-order valence-electron chi connectivity index (χ3n) is 4.35. The van der Waals surface area contributed by atoms with Gasteiger partial charge in [-0.1, -0.05) is 36.4 Å². The van der Waals surface area contributed by atoms with Crippen LogP contribution in [0.3, 0.4) is 0 Å². The summed E-state index contributed by atoms with van der Waals surface area (Å²) in [5, 5.41) is 1.50. The average molecular weight is 382 g/mol. The molecule has 0 radical (unpaired) electrons. The number of nitrogens with two attached hydrogens (primary N) is 1. The van der Waals surface area contributed by atoms with Gasteiger partial charge in [0.1, 0.15) is 0 Å². The summed E-state index contributed by atoms with van der Waals surface area (Å²) in [7, 11) is -4.38. The van der Waals surface area contributed by atoms with Gasteiger partial charge in [-0.25, -0.2) is 0 Å². The zero-order valence-electron chi connectivity index (χ0n) is 14.0. The van der Waals surface area contributed by atoms with Crippen molar-refractivity contribution < 1.29 is 22.3 Å². The van der Waals surface area contributed by atoms with Gasteiger partial charge in [-0.05, 0) is 35.2 Å². The molecule has 1 heterocycles. The fraction of sp³-hybridized carbons (Fsp3) is 0.0526. The van der Waals surface area contributed by atoms with Crippen LogP contribution in [0, 0.1) is 0 Å². The van der Waals surface area contributed by atoms with Crippen LogP contribution in [0.15, 0.2) is 65.6 Å². The summed E-state index contributed by atoms with van der Waals surface area (Å²) in [5.41, 5.74) is 6.64. The van der Waals surface area contributed by atoms with E-state index in [2.05, 4.69) is 0 Å². The second-order valence-electron chi connectivity index (χ2n) is 5.99. The Kier molecular flexibility index (Phi) is 4.03. The van der Waals surface area contributed by atoms with Crippen molar-refractivity contribution in [2.75, 3.05) is 0 Å². The molecule has 8 heteroatoms. The minimum atomic E-state index is -4.38. The lowest BCUT2D eigenvalue weighted by Crippen LogP contribution is -2.41. The van der Waals surface area contributed by atoms with Gasteiger partial charge in [0.25, 0.3) is 11.8 Å². The van der Waals surface area contributed by atoms with Gasteiger partial charge in [-0.2, -0.15) is 8.42 Å². The maximum Gasteiger partial charge on any atom is 0.318 e. The number of hydrogen-bond donors (Lipinski definition) is 1. The second kappa shape index (κ2) is 6.27. The molecule has 1 aliphatic rings. The third kappa shape index (κ3) is 2.80. The summed E-state index contributed by atoms with van der Waals surface area (Å²) in [5.74, 6) is -1.65. The number of carbonyl (C=O) groups excluding carboxylic acids is 2. The fourth-order valence-corrected chi connectivity index (χ4v) is 3.90. The van der Waals surface area contributed by atoms with Crippen molar-refractivity contribution in [2.45, 2.75) is 11.4 Å². The number of amides is 2. The van der Waals surface area contributed by atoms with Crippen LogP contribution in [0.25, 0.3) is 10.8 Å². The van der Waals surface area contributed by atoms with E-state index < -0.39 is 21.9 Å². The molecule has 4 rings (SSSR count). The Morgan fingerprint density at radius 1 is 0.852 bits per heavy atom. The first-order valence-electron chi connectivity index (χ1n) is 8.06. The van der Waals surface area contributed by atoms with Gasteiger partial charge in [0.15, 0.2) is 0 Å². The van der Waals surface area contributed by atoms with E-state index in [-0.39, 0.29) is 22.6 Å². The molecular weight excluding hydrogens is 368 g/mol. The van der Waals surface area contributed by atoms with Crippen molar-refractivity contribution in [3.05, 3.63) is 77.4 Å². The Bertz CT molecular complexity index is 1140. The zero-order chi connectivity index (χ0) is 19.2. The molecule has 3 aromatic rings. The van der Waals surface area contributed by atoms with Gasteiger partial charge in [0.05, 0.1) is 16.0 Å². The minimum absolute atomic E-state index is 0.183. The fourth-order valence-electron chi connectivity index (χ4n) is 3.01. The molecular formula is C19H14N2O5S. The molecule has 0 bridgehead atoms. The minimum Gasteiger partial charge on any atom is -0.326 e. The van der Waals surface area contributed by atoms with E-state index >= 15 is 0 Å². The molecule has 0 aliphatic carbocycles. The van der Waals surface area contributed by atoms with Crippen molar-refractivity contribution in [1.29, 1.82) is 0 Å². The molecule has 0 saturated carbocycles. The highest BCUT2D eigenvalue weighted by Gasteiger charge is 2.37. The van der Waals surface area contributed by atoms with Gasteiger partial charge < -0.3 is 5.73 Å². The second-order valence-corrected chi connectivity index (χ2v) is 7.52. The molecule has 0 saturated heterocycles. The van der Waals surface area contributed by atoms with Crippen molar-refractivity contribution in [1.82, 2.24) is 5.06 Å². The highest BCUT2D eigenvalue weighted by molar-refractivity contribution is 7.86. The molecule has 0 fully saturated rings. The van der Waals surface area contributed by atoms with Crippen LogP contribution in [0.5, 0.6) is 0 Å². The highest BCUT2D eigenvalue weighted by Crippen LogP contribution is 2.31. The molecule has 0 atom stereocenters. The molecule has 0 unspecified atom stereocenters. The van der Waals surface area contributed by atoms with Crippen LogP contribution in [-0.4, -0.2) is 25.3 Å². The summed E-state index contributed by atoms with van der Waals surface area (Å²) >= 11 is 0. The largest absolute Gasteiger partial charge is 0.326 e. The standard InChI is InChI=1S/C19H14N2O5S/c20-11-12-7-9-14(10-8-12)27(24,25)26-21-18(22)15-5-1-3-13-4-2-6-16(17(13)15)19(21)23/h1-10H,11,20H2. The monoisotopic (exact) mass is 382 g/mol. The van der Waals surface area contributed by atoms with Crippen LogP contribution >= 0.6 is 0 Å². The van der Waals surface area contributed by atoms with Crippen LogP contribution in [0.2, 0.25) is 0 Å². The van der Waals surface area contributed by atoms with E-state index in [1.165, 1.54) is 36.4 Å². The number of hydrogen-bond acceptors (Lipinski definition) is 6. The van der Waals surface area contributed by atoms with Crippen molar-refractivity contribution >= 4 is 32.7 Å². The lowest BCUT2D eigenvalue weighted by atomic mass is 9.95. The van der Waals surface area contributed by atoms with E-state index in [0.29, 0.717) is 15.8 Å². The van der Waals surface area contributed by atoms with Crippen molar-refractivity contribution in [3.63, 3.8) is 0 Å². The van der Waals surface area contributed by atoms with Crippen LogP contribution < -0.4 is 5.73 Å². The lowest BCUT2D eigenvalue weighted by Gasteiger charge is -2.25. The lowest BCUT2D eigenvalue weighted by molar-refractivity contribution is -0.0155. The smallest absolute Gasteiger partial charge is 0.318 e. The molecule has 7 nitrogen and oxygen atoms in total. The molecule has 2 amide bonds. The number of hydroxylamine groups is 2. The molecule has 0 spiro atoms. The Morgan fingerprint density at radius 3 is 1.93 bits per heavy atom. The first-order chi connectivity index (χ1) is 12.9. The van der Waals surface area contributed by atoms with Gasteiger partial charge in [-0.3, -0.25) is 9.59 Å². The number of benzene rings is 3. The zero-order valence-corrected chi connectivity index (χ0v) is 14.8. The summed E-state index contributed by atoms with van der Waals surface area (Å²) < 4.78 is 30.0. The first kappa shape index (κ1) is 17.3. The van der Waals surface area contributed by atoms with Gasteiger partial charge in [0.2, 0.25) is 0 Å². The molecule has 3 aromatic carbocycles. The molecule has 1 aliphatic heterocycles. The van der Waals surface area contributed by atoms with Gasteiger partial charge >= 0.3 is 10.1 Å². The molecule has 2 N–H and O–H groups in total. The molecule has 27 heavy (non-hydrogen) atoms. The first-order valence-corrected chi connectivity index (χ1v) is 9.47. The summed E-state index contributed by atoms with van der Waals surface area (Å²) in [4.78, 5) is 25.3. The van der Waals surface area contributed by atoms with Gasteiger partial charge in [-0.15, -0.1) is 9.35 Å². The van der Waals surface area contributed by atoms with E-state index in [9.17, 15) is 18.0 Å². The Balaban J connectivity index is 1.74. The summed E-state index contributed by atoms with van der Waals surface area (Å²) in [6.07, 6.45) is 0. The predicted octanol–water partition coefficient (Wildman–Crippen LogP) is 2.21. The third-order valence-corrected chi connectivity index (χ3v) is 5.55. The van der Waals surface area contributed by atoms with E-state index in [1.54, 1.807) is 24.3 Å². The highest BCUT2D eigenvalue weighted by atomic mass is 32.2. The van der Waals surface area contributed by atoms with Crippen molar-refractivity contribution in [2.24, 2.45) is 5.73 Å². The SMILES string of the molecule is NCc1ccc(S(=O)(=O)ON2C(=O)c3cccc4cccc(c34)C2=O)cc1. The number of carbonyl (C=O) groups is 2. The number of imide groups is 1. The van der Waals surface area contributed by atoms with Gasteiger partial charge in [0, 0.05) is 11.9 Å². The van der Waals surface area contributed by atoms with Crippen LogP contribution in [0.4, 0.5) is 0 Å². The Labute approximate surface area is 155 Å². The number of nitrogens with zero attached hydrogens (tertiary/aromatic N) is 1. The van der Waals surface area contributed by atoms with Crippen LogP contribution in [-0.2, 0) is 20.9 Å². The quantitative estimate of drug-likeness (QED) is 0.694. The topological polar surface area (TPSA) is 107 Å². The molecule has 0 aromatic heterocycles. The Hall–Kier alpha value is -3.07. The summed E-state index contributed by atoms with van der Waals surface area (Å²) in [6, 6.07) is 15.6. The normalized spacial score (nSPS) is 14.0. The molecule has 136 valence electrons. The Morgan fingerprint density at radius 2 is 1.41 bits per heavy atom. The van der Waals surface area contributed by atoms with E-state index in [4.69, 9.17) is 10.0 Å². The number of rotatable bonds is 4.